The normalized spacial score (nSPS) is 27.1. The second-order valence-electron chi connectivity index (χ2n) is 4.67. The molecule has 4 heteroatoms. The molecule has 0 bridgehead atoms. The highest BCUT2D eigenvalue weighted by Gasteiger charge is 2.26. The number of carbonyl (C=O) groups is 1. The first kappa shape index (κ1) is 12.4. The Morgan fingerprint density at radius 1 is 1.20 bits per heavy atom. The van der Waals surface area contributed by atoms with Crippen molar-refractivity contribution in [3.8, 4) is 0 Å². The van der Waals surface area contributed by atoms with E-state index in [1.165, 1.54) is 0 Å². The van der Waals surface area contributed by atoms with Crippen LogP contribution in [0.4, 0.5) is 8.78 Å². The Balaban J connectivity index is 2.29. The molecule has 0 aromatic heterocycles. The number of alkyl halides is 2. The van der Waals surface area contributed by atoms with Crippen LogP contribution < -0.4 is 5.32 Å². The average molecular weight is 219 g/mol. The molecule has 0 unspecified atom stereocenters. The van der Waals surface area contributed by atoms with Gasteiger partial charge in [0.15, 0.2) is 0 Å². The summed E-state index contributed by atoms with van der Waals surface area (Å²) in [6.45, 7) is 4.37. The van der Waals surface area contributed by atoms with Crippen molar-refractivity contribution in [3.63, 3.8) is 0 Å². The maximum Gasteiger partial charge on any atom is 0.315 e. The van der Waals surface area contributed by atoms with Gasteiger partial charge in [0.05, 0.1) is 0 Å². The Kier molecular flexibility index (Phi) is 4.48. The molecule has 0 saturated heterocycles. The van der Waals surface area contributed by atoms with Gasteiger partial charge >= 0.3 is 6.43 Å². The minimum atomic E-state index is -2.88. The molecule has 0 aromatic carbocycles. The van der Waals surface area contributed by atoms with Gasteiger partial charge in [-0.2, -0.15) is 8.78 Å². The van der Waals surface area contributed by atoms with Crippen molar-refractivity contribution >= 4 is 5.91 Å². The highest BCUT2D eigenvalue weighted by molar-refractivity contribution is 5.79. The molecule has 88 valence electrons. The molecule has 1 aliphatic rings. The van der Waals surface area contributed by atoms with E-state index in [0.29, 0.717) is 11.8 Å². The van der Waals surface area contributed by atoms with Gasteiger partial charge in [-0.25, -0.2) is 0 Å². The van der Waals surface area contributed by atoms with Crippen LogP contribution >= 0.6 is 0 Å². The summed E-state index contributed by atoms with van der Waals surface area (Å²) in [5.74, 6) is 0.212. The second-order valence-corrected chi connectivity index (χ2v) is 4.67. The van der Waals surface area contributed by atoms with E-state index in [9.17, 15) is 13.6 Å². The number of carbonyl (C=O) groups excluding carboxylic acids is 1. The fourth-order valence-corrected chi connectivity index (χ4v) is 2.19. The molecule has 0 radical (unpaired) electrons. The first-order valence-corrected chi connectivity index (χ1v) is 5.59. The predicted molar refractivity (Wildman–Crippen MR) is 54.7 cm³/mol. The van der Waals surface area contributed by atoms with E-state index >= 15 is 0 Å². The third kappa shape index (κ3) is 3.76. The molecule has 1 amide bonds. The van der Waals surface area contributed by atoms with Crippen molar-refractivity contribution in [2.75, 3.05) is 0 Å². The molecule has 1 aliphatic carbocycles. The Hall–Kier alpha value is -0.670. The molecule has 15 heavy (non-hydrogen) atoms. The zero-order valence-electron chi connectivity index (χ0n) is 9.30. The van der Waals surface area contributed by atoms with Gasteiger partial charge in [0.1, 0.15) is 0 Å². The van der Waals surface area contributed by atoms with Crippen LogP contribution in [0.5, 0.6) is 0 Å². The first-order chi connectivity index (χ1) is 7.00. The molecule has 1 N–H and O–H groups in total. The van der Waals surface area contributed by atoms with Crippen LogP contribution in [0.3, 0.4) is 0 Å². The lowest BCUT2D eigenvalue weighted by Gasteiger charge is -2.31. The SMILES string of the molecule is CC(C)C1CCC(NC(=O)C(F)F)CC1. The van der Waals surface area contributed by atoms with Gasteiger partial charge in [-0.05, 0) is 37.5 Å². The predicted octanol–water partition coefficient (Wildman–Crippen LogP) is 2.58. The standard InChI is InChI=1S/C11H19F2NO/c1-7(2)8-3-5-9(6-4-8)14-11(15)10(12)13/h7-10H,3-6H2,1-2H3,(H,14,15). The first-order valence-electron chi connectivity index (χ1n) is 5.59. The molecule has 2 nitrogen and oxygen atoms in total. The average Bonchev–Trinajstić information content (AvgIpc) is 2.18. The molecule has 0 spiro atoms. The largest absolute Gasteiger partial charge is 0.348 e. The maximum atomic E-state index is 12.0. The van der Waals surface area contributed by atoms with E-state index in [0.717, 1.165) is 25.7 Å². The van der Waals surface area contributed by atoms with Crippen molar-refractivity contribution < 1.29 is 13.6 Å². The molecule has 1 fully saturated rings. The molecule has 1 rings (SSSR count). The monoisotopic (exact) mass is 219 g/mol. The van der Waals surface area contributed by atoms with Gasteiger partial charge in [-0.3, -0.25) is 4.79 Å². The van der Waals surface area contributed by atoms with E-state index in [4.69, 9.17) is 0 Å². The molecule has 0 aromatic rings. The lowest BCUT2D eigenvalue weighted by Crippen LogP contribution is -2.41. The van der Waals surface area contributed by atoms with E-state index < -0.39 is 12.3 Å². The summed E-state index contributed by atoms with van der Waals surface area (Å²) in [5, 5.41) is 2.39. The van der Waals surface area contributed by atoms with Crippen molar-refractivity contribution in [1.29, 1.82) is 0 Å². The van der Waals surface area contributed by atoms with Crippen LogP contribution in [0.15, 0.2) is 0 Å². The van der Waals surface area contributed by atoms with E-state index in [2.05, 4.69) is 19.2 Å². The smallest absolute Gasteiger partial charge is 0.315 e. The molecule has 1 saturated carbocycles. The van der Waals surface area contributed by atoms with Crippen molar-refractivity contribution in [3.05, 3.63) is 0 Å². The number of amides is 1. The van der Waals surface area contributed by atoms with Gasteiger partial charge in [0.2, 0.25) is 0 Å². The van der Waals surface area contributed by atoms with Crippen LogP contribution in [0.2, 0.25) is 0 Å². The Morgan fingerprint density at radius 2 is 1.73 bits per heavy atom. The molecular formula is C11H19F2NO. The van der Waals surface area contributed by atoms with Gasteiger partial charge in [0.25, 0.3) is 5.91 Å². The van der Waals surface area contributed by atoms with Gasteiger partial charge in [-0.15, -0.1) is 0 Å². The summed E-state index contributed by atoms with van der Waals surface area (Å²) < 4.78 is 24.0. The van der Waals surface area contributed by atoms with E-state index in [1.807, 2.05) is 0 Å². The zero-order valence-corrected chi connectivity index (χ0v) is 9.30. The summed E-state index contributed by atoms with van der Waals surface area (Å²) in [7, 11) is 0. The van der Waals surface area contributed by atoms with E-state index in [1.54, 1.807) is 0 Å². The zero-order chi connectivity index (χ0) is 11.4. The number of hydrogen-bond donors (Lipinski definition) is 1. The molecule has 0 heterocycles. The quantitative estimate of drug-likeness (QED) is 0.776. The third-order valence-electron chi connectivity index (χ3n) is 3.26. The Morgan fingerprint density at radius 3 is 2.13 bits per heavy atom. The lowest BCUT2D eigenvalue weighted by molar-refractivity contribution is -0.132. The van der Waals surface area contributed by atoms with Crippen molar-refractivity contribution in [2.24, 2.45) is 11.8 Å². The highest BCUT2D eigenvalue weighted by atomic mass is 19.3. The summed E-state index contributed by atoms with van der Waals surface area (Å²) in [6.07, 6.45) is 0.855. The molecular weight excluding hydrogens is 200 g/mol. The highest BCUT2D eigenvalue weighted by Crippen LogP contribution is 2.29. The summed E-state index contributed by atoms with van der Waals surface area (Å²) in [5.41, 5.74) is 0. The third-order valence-corrected chi connectivity index (χ3v) is 3.26. The summed E-state index contributed by atoms with van der Waals surface area (Å²) >= 11 is 0. The number of halogens is 2. The Bertz CT molecular complexity index is 211. The fraction of sp³-hybridized carbons (Fsp3) is 0.909. The van der Waals surface area contributed by atoms with Crippen LogP contribution in [0, 0.1) is 11.8 Å². The molecule has 0 atom stereocenters. The van der Waals surface area contributed by atoms with Gasteiger partial charge in [0, 0.05) is 6.04 Å². The van der Waals surface area contributed by atoms with Gasteiger partial charge in [-0.1, -0.05) is 13.8 Å². The van der Waals surface area contributed by atoms with Crippen LogP contribution in [0.25, 0.3) is 0 Å². The number of hydrogen-bond acceptors (Lipinski definition) is 1. The topological polar surface area (TPSA) is 29.1 Å². The van der Waals surface area contributed by atoms with Crippen LogP contribution in [-0.4, -0.2) is 18.4 Å². The van der Waals surface area contributed by atoms with Crippen molar-refractivity contribution in [2.45, 2.75) is 52.0 Å². The summed E-state index contributed by atoms with van der Waals surface area (Å²) in [4.78, 5) is 10.8. The molecule has 0 aliphatic heterocycles. The van der Waals surface area contributed by atoms with Crippen molar-refractivity contribution in [1.82, 2.24) is 5.32 Å². The Labute approximate surface area is 89.4 Å². The number of nitrogens with one attached hydrogen (secondary N) is 1. The fourth-order valence-electron chi connectivity index (χ4n) is 2.19. The lowest BCUT2D eigenvalue weighted by atomic mass is 9.80. The maximum absolute atomic E-state index is 12.0. The van der Waals surface area contributed by atoms with Crippen LogP contribution in [0.1, 0.15) is 39.5 Å². The van der Waals surface area contributed by atoms with E-state index in [-0.39, 0.29) is 6.04 Å². The van der Waals surface area contributed by atoms with Crippen LogP contribution in [-0.2, 0) is 4.79 Å². The summed E-state index contributed by atoms with van der Waals surface area (Å²) in [6, 6.07) is -0.0403. The second kappa shape index (κ2) is 5.42. The minimum absolute atomic E-state index is 0.0403. The van der Waals surface area contributed by atoms with Gasteiger partial charge < -0.3 is 5.32 Å². The minimum Gasteiger partial charge on any atom is -0.348 e. The number of rotatable bonds is 3.